The van der Waals surface area contributed by atoms with Gasteiger partial charge in [0.1, 0.15) is 0 Å². The van der Waals surface area contributed by atoms with Gasteiger partial charge in [0.2, 0.25) is 0 Å². The van der Waals surface area contributed by atoms with Crippen molar-refractivity contribution in [2.45, 2.75) is 44.8 Å². The molecule has 1 aliphatic heterocycles. The smallest absolute Gasteiger partial charge is 0.0901 e. The highest BCUT2D eigenvalue weighted by Crippen LogP contribution is 2.23. The molecule has 0 amide bonds. The quantitative estimate of drug-likeness (QED) is 0.688. The summed E-state index contributed by atoms with van der Waals surface area (Å²) in [6.45, 7) is 5.77. The summed E-state index contributed by atoms with van der Waals surface area (Å²) < 4.78 is 0. The van der Waals surface area contributed by atoms with Crippen LogP contribution in [-0.2, 0) is 0 Å². The van der Waals surface area contributed by atoms with Crippen molar-refractivity contribution in [2.75, 3.05) is 13.1 Å². The van der Waals surface area contributed by atoms with Gasteiger partial charge in [-0.05, 0) is 26.2 Å². The standard InChI is InChI=1S/C10H20N2OS/c1-3-8(9(11)14)12-6-4-10(2,13)5-7-12/h8,13H,3-7H2,1-2H3,(H2,11,14). The molecule has 0 bridgehead atoms. The Bertz CT molecular complexity index is 208. The zero-order chi connectivity index (χ0) is 10.8. The third-order valence-corrected chi connectivity index (χ3v) is 3.30. The Kier molecular flexibility index (Phi) is 3.86. The second kappa shape index (κ2) is 4.55. The van der Waals surface area contributed by atoms with Gasteiger partial charge in [-0.15, -0.1) is 0 Å². The molecule has 0 aromatic rings. The number of hydrogen-bond acceptors (Lipinski definition) is 3. The molecule has 14 heavy (non-hydrogen) atoms. The predicted octanol–water partition coefficient (Wildman–Crippen LogP) is 0.898. The van der Waals surface area contributed by atoms with Gasteiger partial charge in [-0.3, -0.25) is 4.90 Å². The fraction of sp³-hybridized carbons (Fsp3) is 0.900. The van der Waals surface area contributed by atoms with Crippen molar-refractivity contribution >= 4 is 17.2 Å². The largest absolute Gasteiger partial charge is 0.392 e. The third kappa shape index (κ3) is 2.90. The van der Waals surface area contributed by atoms with Crippen LogP contribution in [-0.4, -0.2) is 39.7 Å². The van der Waals surface area contributed by atoms with E-state index in [1.807, 2.05) is 6.92 Å². The molecule has 1 unspecified atom stereocenters. The Hall–Kier alpha value is -0.190. The average Bonchev–Trinajstić information content (AvgIpc) is 2.08. The Morgan fingerprint density at radius 2 is 2.07 bits per heavy atom. The maximum atomic E-state index is 9.79. The highest BCUT2D eigenvalue weighted by Gasteiger charge is 2.30. The second-order valence-corrected chi connectivity index (χ2v) is 4.83. The van der Waals surface area contributed by atoms with Crippen LogP contribution in [0.25, 0.3) is 0 Å². The van der Waals surface area contributed by atoms with Gasteiger partial charge in [-0.1, -0.05) is 19.1 Å². The highest BCUT2D eigenvalue weighted by atomic mass is 32.1. The molecule has 1 heterocycles. The molecule has 3 nitrogen and oxygen atoms in total. The molecule has 0 saturated carbocycles. The van der Waals surface area contributed by atoms with Crippen LogP contribution >= 0.6 is 12.2 Å². The lowest BCUT2D eigenvalue weighted by molar-refractivity contribution is -0.0101. The van der Waals surface area contributed by atoms with Crippen molar-refractivity contribution in [1.82, 2.24) is 4.90 Å². The first-order valence-electron chi connectivity index (χ1n) is 5.22. The lowest BCUT2D eigenvalue weighted by atomic mass is 9.92. The fourth-order valence-electron chi connectivity index (χ4n) is 1.96. The highest BCUT2D eigenvalue weighted by molar-refractivity contribution is 7.80. The lowest BCUT2D eigenvalue weighted by Crippen LogP contribution is -2.50. The monoisotopic (exact) mass is 216 g/mol. The molecule has 0 aromatic heterocycles. The minimum atomic E-state index is -0.495. The molecule has 1 atom stereocenters. The number of hydrogen-bond donors (Lipinski definition) is 2. The number of piperidine rings is 1. The van der Waals surface area contributed by atoms with Crippen LogP contribution in [0.3, 0.4) is 0 Å². The summed E-state index contributed by atoms with van der Waals surface area (Å²) >= 11 is 5.03. The van der Waals surface area contributed by atoms with Gasteiger partial charge in [0.25, 0.3) is 0 Å². The Labute approximate surface area is 91.3 Å². The topological polar surface area (TPSA) is 49.5 Å². The van der Waals surface area contributed by atoms with E-state index in [4.69, 9.17) is 18.0 Å². The van der Waals surface area contributed by atoms with E-state index >= 15 is 0 Å². The molecule has 1 aliphatic rings. The van der Waals surface area contributed by atoms with Crippen LogP contribution in [0, 0.1) is 0 Å². The first-order valence-corrected chi connectivity index (χ1v) is 5.63. The van der Waals surface area contributed by atoms with Gasteiger partial charge in [-0.2, -0.15) is 0 Å². The van der Waals surface area contributed by atoms with Crippen LogP contribution < -0.4 is 5.73 Å². The third-order valence-electron chi connectivity index (χ3n) is 3.03. The number of thiocarbonyl (C=S) groups is 1. The van der Waals surface area contributed by atoms with Crippen LogP contribution in [0.1, 0.15) is 33.1 Å². The van der Waals surface area contributed by atoms with Crippen molar-refractivity contribution in [1.29, 1.82) is 0 Å². The van der Waals surface area contributed by atoms with Crippen LogP contribution in [0.4, 0.5) is 0 Å². The van der Waals surface area contributed by atoms with E-state index in [-0.39, 0.29) is 6.04 Å². The Balaban J connectivity index is 2.51. The number of nitrogens with zero attached hydrogens (tertiary/aromatic N) is 1. The summed E-state index contributed by atoms with van der Waals surface area (Å²) in [5.41, 5.74) is 5.18. The molecular formula is C10H20N2OS. The average molecular weight is 216 g/mol. The van der Waals surface area contributed by atoms with Gasteiger partial charge in [0.05, 0.1) is 16.6 Å². The predicted molar refractivity (Wildman–Crippen MR) is 62.3 cm³/mol. The minimum Gasteiger partial charge on any atom is -0.392 e. The van der Waals surface area contributed by atoms with E-state index in [2.05, 4.69) is 11.8 Å². The van der Waals surface area contributed by atoms with Crippen LogP contribution in [0.15, 0.2) is 0 Å². The van der Waals surface area contributed by atoms with Crippen molar-refractivity contribution in [3.8, 4) is 0 Å². The van der Waals surface area contributed by atoms with Crippen molar-refractivity contribution in [3.05, 3.63) is 0 Å². The van der Waals surface area contributed by atoms with E-state index in [1.165, 1.54) is 0 Å². The molecule has 4 heteroatoms. The van der Waals surface area contributed by atoms with Gasteiger partial charge < -0.3 is 10.8 Å². The summed E-state index contributed by atoms with van der Waals surface area (Å²) in [5.74, 6) is 0. The van der Waals surface area contributed by atoms with Gasteiger partial charge in [0.15, 0.2) is 0 Å². The van der Waals surface area contributed by atoms with Crippen molar-refractivity contribution in [3.63, 3.8) is 0 Å². The molecule has 3 N–H and O–H groups in total. The number of likely N-dealkylation sites (tertiary alicyclic amines) is 1. The molecule has 1 fully saturated rings. The first-order chi connectivity index (χ1) is 6.46. The summed E-state index contributed by atoms with van der Waals surface area (Å²) in [5, 5.41) is 9.79. The van der Waals surface area contributed by atoms with E-state index in [1.54, 1.807) is 0 Å². The van der Waals surface area contributed by atoms with Gasteiger partial charge in [-0.25, -0.2) is 0 Å². The fourth-order valence-corrected chi connectivity index (χ4v) is 2.27. The maximum Gasteiger partial charge on any atom is 0.0901 e. The van der Waals surface area contributed by atoms with Crippen molar-refractivity contribution < 1.29 is 5.11 Å². The summed E-state index contributed by atoms with van der Waals surface area (Å²) in [4.78, 5) is 2.86. The van der Waals surface area contributed by atoms with E-state index in [9.17, 15) is 5.11 Å². The van der Waals surface area contributed by atoms with Crippen LogP contribution in [0.2, 0.25) is 0 Å². The number of nitrogens with two attached hydrogens (primary N) is 1. The normalized spacial score (nSPS) is 24.5. The molecule has 1 rings (SSSR count). The summed E-state index contributed by atoms with van der Waals surface area (Å²) in [7, 11) is 0. The van der Waals surface area contributed by atoms with E-state index in [0.717, 1.165) is 32.4 Å². The van der Waals surface area contributed by atoms with E-state index in [0.29, 0.717) is 4.99 Å². The number of rotatable bonds is 3. The first kappa shape index (κ1) is 11.9. The Morgan fingerprint density at radius 1 is 1.57 bits per heavy atom. The molecule has 82 valence electrons. The number of aliphatic hydroxyl groups is 1. The zero-order valence-electron chi connectivity index (χ0n) is 8.99. The molecule has 0 aromatic carbocycles. The SMILES string of the molecule is CCC(C(N)=S)N1CCC(C)(O)CC1. The summed E-state index contributed by atoms with van der Waals surface area (Å²) in [6, 6.07) is 0.209. The molecule has 0 spiro atoms. The molecule has 0 aliphatic carbocycles. The van der Waals surface area contributed by atoms with E-state index < -0.39 is 5.60 Å². The van der Waals surface area contributed by atoms with Gasteiger partial charge in [0, 0.05) is 13.1 Å². The maximum absolute atomic E-state index is 9.79. The molecular weight excluding hydrogens is 196 g/mol. The molecule has 0 radical (unpaired) electrons. The lowest BCUT2D eigenvalue weighted by Gasteiger charge is -2.39. The second-order valence-electron chi connectivity index (χ2n) is 4.36. The summed E-state index contributed by atoms with van der Waals surface area (Å²) in [6.07, 6.45) is 2.58. The van der Waals surface area contributed by atoms with Crippen molar-refractivity contribution in [2.24, 2.45) is 5.73 Å². The zero-order valence-corrected chi connectivity index (χ0v) is 9.81. The van der Waals surface area contributed by atoms with Crippen LogP contribution in [0.5, 0.6) is 0 Å². The molecule has 1 saturated heterocycles. The minimum absolute atomic E-state index is 0.209. The Morgan fingerprint density at radius 3 is 2.43 bits per heavy atom. The van der Waals surface area contributed by atoms with Gasteiger partial charge >= 0.3 is 0 Å².